The van der Waals surface area contributed by atoms with Crippen LogP contribution in [0.25, 0.3) is 0 Å². The Balaban J connectivity index is 1.87. The summed E-state index contributed by atoms with van der Waals surface area (Å²) < 4.78 is 11.1. The third-order valence-corrected chi connectivity index (χ3v) is 4.29. The molecule has 0 aliphatic heterocycles. The number of rotatable bonds is 7. The van der Waals surface area contributed by atoms with Crippen molar-refractivity contribution in [1.82, 2.24) is 4.98 Å². The number of anilines is 1. The number of aromatic nitrogens is 1. The Morgan fingerprint density at radius 1 is 1.03 bits per heavy atom. The van der Waals surface area contributed by atoms with Crippen LogP contribution >= 0.6 is 11.6 Å². The SMILES string of the molecule is CCOc1ccccc1NC(=O)[C@H](OC(=O)c1cccnc1Cl)c1ccccc1. The summed E-state index contributed by atoms with van der Waals surface area (Å²) in [4.78, 5) is 29.5. The van der Waals surface area contributed by atoms with Gasteiger partial charge in [-0.1, -0.05) is 54.1 Å². The Morgan fingerprint density at radius 2 is 1.76 bits per heavy atom. The third-order valence-electron chi connectivity index (χ3n) is 3.99. The van der Waals surface area contributed by atoms with Crippen molar-refractivity contribution in [2.75, 3.05) is 11.9 Å². The first-order valence-corrected chi connectivity index (χ1v) is 9.37. The maximum atomic E-state index is 13.0. The second-order valence-corrected chi connectivity index (χ2v) is 6.31. The van der Waals surface area contributed by atoms with E-state index in [2.05, 4.69) is 10.3 Å². The standard InChI is InChI=1S/C22H19ClN2O4/c1-2-28-18-13-7-6-12-17(18)25-21(26)19(15-9-4-3-5-10-15)29-22(27)16-11-8-14-24-20(16)23/h3-14,19H,2H2,1H3,(H,25,26)/t19-/m1/s1. The zero-order valence-electron chi connectivity index (χ0n) is 15.7. The molecule has 1 heterocycles. The molecule has 0 aliphatic rings. The quantitative estimate of drug-likeness (QED) is 0.452. The van der Waals surface area contributed by atoms with Crippen LogP contribution in [0.1, 0.15) is 28.9 Å². The molecule has 0 saturated heterocycles. The van der Waals surface area contributed by atoms with Crippen LogP contribution in [-0.4, -0.2) is 23.5 Å². The molecular formula is C22H19ClN2O4. The minimum atomic E-state index is -1.19. The highest BCUT2D eigenvalue weighted by Crippen LogP contribution is 2.27. The predicted octanol–water partition coefficient (Wildman–Crippen LogP) is 4.67. The van der Waals surface area contributed by atoms with Gasteiger partial charge in [-0.05, 0) is 31.2 Å². The molecule has 148 valence electrons. The Kier molecular flexibility index (Phi) is 6.81. The fourth-order valence-corrected chi connectivity index (χ4v) is 2.86. The lowest BCUT2D eigenvalue weighted by Gasteiger charge is -2.19. The average Bonchev–Trinajstić information content (AvgIpc) is 2.74. The van der Waals surface area contributed by atoms with Crippen LogP contribution in [0.5, 0.6) is 5.75 Å². The maximum Gasteiger partial charge on any atom is 0.342 e. The molecule has 0 unspecified atom stereocenters. The number of hydrogen-bond donors (Lipinski definition) is 1. The van der Waals surface area contributed by atoms with Gasteiger partial charge < -0.3 is 14.8 Å². The number of nitrogens with zero attached hydrogens (tertiary/aromatic N) is 1. The monoisotopic (exact) mass is 410 g/mol. The summed E-state index contributed by atoms with van der Waals surface area (Å²) in [6.07, 6.45) is 0.278. The second kappa shape index (κ2) is 9.71. The number of para-hydroxylation sites is 2. The van der Waals surface area contributed by atoms with Crippen LogP contribution in [0.4, 0.5) is 5.69 Å². The van der Waals surface area contributed by atoms with Crippen molar-refractivity contribution < 1.29 is 19.1 Å². The first kappa shape index (κ1) is 20.4. The van der Waals surface area contributed by atoms with Crippen LogP contribution in [0, 0.1) is 0 Å². The number of amides is 1. The zero-order valence-corrected chi connectivity index (χ0v) is 16.4. The van der Waals surface area contributed by atoms with E-state index in [1.165, 1.54) is 12.3 Å². The smallest absolute Gasteiger partial charge is 0.342 e. The molecule has 1 atom stereocenters. The van der Waals surface area contributed by atoms with E-state index in [4.69, 9.17) is 21.1 Å². The number of hydrogen-bond acceptors (Lipinski definition) is 5. The number of benzene rings is 2. The largest absolute Gasteiger partial charge is 0.492 e. The van der Waals surface area contributed by atoms with E-state index in [1.54, 1.807) is 54.6 Å². The van der Waals surface area contributed by atoms with Crippen LogP contribution in [0.3, 0.4) is 0 Å². The summed E-state index contributed by atoms with van der Waals surface area (Å²) in [6, 6.07) is 18.8. The Bertz CT molecular complexity index is 995. The van der Waals surface area contributed by atoms with E-state index in [1.807, 2.05) is 13.0 Å². The molecule has 0 saturated carbocycles. The van der Waals surface area contributed by atoms with Gasteiger partial charge in [0.05, 0.1) is 17.9 Å². The topological polar surface area (TPSA) is 77.5 Å². The van der Waals surface area contributed by atoms with Crippen LogP contribution in [0.2, 0.25) is 5.15 Å². The normalized spacial score (nSPS) is 11.4. The molecule has 0 aliphatic carbocycles. The molecule has 0 radical (unpaired) electrons. The molecule has 6 nitrogen and oxygen atoms in total. The van der Waals surface area contributed by atoms with Gasteiger partial charge in [0.25, 0.3) is 5.91 Å². The van der Waals surface area contributed by atoms with E-state index in [0.29, 0.717) is 23.6 Å². The van der Waals surface area contributed by atoms with Crippen LogP contribution < -0.4 is 10.1 Å². The zero-order chi connectivity index (χ0) is 20.6. The van der Waals surface area contributed by atoms with Crippen molar-refractivity contribution in [2.24, 2.45) is 0 Å². The summed E-state index contributed by atoms with van der Waals surface area (Å²) in [7, 11) is 0. The summed E-state index contributed by atoms with van der Waals surface area (Å²) in [5.41, 5.74) is 1.08. The van der Waals surface area contributed by atoms with Gasteiger partial charge in [0.2, 0.25) is 6.10 Å². The lowest BCUT2D eigenvalue weighted by atomic mass is 10.1. The van der Waals surface area contributed by atoms with Gasteiger partial charge in [0.15, 0.2) is 0 Å². The Labute approximate surface area is 173 Å². The molecule has 0 fully saturated rings. The molecule has 0 spiro atoms. The minimum Gasteiger partial charge on any atom is -0.492 e. The highest BCUT2D eigenvalue weighted by molar-refractivity contribution is 6.32. The number of nitrogens with one attached hydrogen (secondary N) is 1. The highest BCUT2D eigenvalue weighted by atomic mass is 35.5. The number of pyridine rings is 1. The fourth-order valence-electron chi connectivity index (χ4n) is 2.66. The molecule has 29 heavy (non-hydrogen) atoms. The van der Waals surface area contributed by atoms with Gasteiger partial charge in [-0.15, -0.1) is 0 Å². The number of carbonyl (C=O) groups excluding carboxylic acids is 2. The van der Waals surface area contributed by atoms with Gasteiger partial charge in [-0.2, -0.15) is 0 Å². The average molecular weight is 411 g/mol. The van der Waals surface area contributed by atoms with Crippen molar-refractivity contribution >= 4 is 29.2 Å². The van der Waals surface area contributed by atoms with E-state index in [0.717, 1.165) is 0 Å². The van der Waals surface area contributed by atoms with Crippen molar-refractivity contribution in [3.05, 3.63) is 89.2 Å². The Morgan fingerprint density at radius 3 is 2.48 bits per heavy atom. The molecule has 2 aromatic carbocycles. The van der Waals surface area contributed by atoms with E-state index in [-0.39, 0.29) is 10.7 Å². The molecule has 0 bridgehead atoms. The molecule has 3 rings (SSSR count). The summed E-state index contributed by atoms with van der Waals surface area (Å²) in [5.74, 6) is -0.737. The first-order chi connectivity index (χ1) is 14.1. The maximum absolute atomic E-state index is 13.0. The van der Waals surface area contributed by atoms with E-state index < -0.39 is 18.0 Å². The molecule has 1 amide bonds. The number of carbonyl (C=O) groups is 2. The number of halogens is 1. The van der Waals surface area contributed by atoms with Crippen LogP contribution in [-0.2, 0) is 9.53 Å². The van der Waals surface area contributed by atoms with Crippen molar-refractivity contribution in [3.63, 3.8) is 0 Å². The van der Waals surface area contributed by atoms with Crippen LogP contribution in [0.15, 0.2) is 72.9 Å². The fraction of sp³-hybridized carbons (Fsp3) is 0.136. The van der Waals surface area contributed by atoms with Gasteiger partial charge in [0.1, 0.15) is 10.9 Å². The Hall–Kier alpha value is -3.38. The third kappa shape index (κ3) is 5.12. The number of ether oxygens (including phenoxy) is 2. The van der Waals surface area contributed by atoms with Gasteiger partial charge in [0, 0.05) is 11.8 Å². The lowest BCUT2D eigenvalue weighted by Crippen LogP contribution is -2.26. The predicted molar refractivity (Wildman–Crippen MR) is 110 cm³/mol. The first-order valence-electron chi connectivity index (χ1n) is 8.99. The van der Waals surface area contributed by atoms with Gasteiger partial charge >= 0.3 is 5.97 Å². The lowest BCUT2D eigenvalue weighted by molar-refractivity contribution is -0.125. The molecule has 3 aromatic rings. The van der Waals surface area contributed by atoms with Gasteiger partial charge in [-0.3, -0.25) is 4.79 Å². The van der Waals surface area contributed by atoms with Gasteiger partial charge in [-0.25, -0.2) is 9.78 Å². The molecule has 7 heteroatoms. The minimum absolute atomic E-state index is 0.00594. The summed E-state index contributed by atoms with van der Waals surface area (Å²) >= 11 is 5.98. The molecule has 1 aromatic heterocycles. The molecular weight excluding hydrogens is 392 g/mol. The van der Waals surface area contributed by atoms with E-state index in [9.17, 15) is 9.59 Å². The summed E-state index contributed by atoms with van der Waals surface area (Å²) in [6.45, 7) is 2.30. The number of esters is 1. The summed E-state index contributed by atoms with van der Waals surface area (Å²) in [5, 5.41) is 2.78. The van der Waals surface area contributed by atoms with Crippen molar-refractivity contribution in [1.29, 1.82) is 0 Å². The second-order valence-electron chi connectivity index (χ2n) is 5.96. The highest BCUT2D eigenvalue weighted by Gasteiger charge is 2.27. The molecule has 1 N–H and O–H groups in total. The van der Waals surface area contributed by atoms with Crippen molar-refractivity contribution in [2.45, 2.75) is 13.0 Å². The van der Waals surface area contributed by atoms with E-state index >= 15 is 0 Å². The van der Waals surface area contributed by atoms with Crippen molar-refractivity contribution in [3.8, 4) is 5.75 Å².